The molecule has 0 aliphatic carbocycles. The van der Waals surface area contributed by atoms with Crippen molar-refractivity contribution in [2.45, 2.75) is 13.3 Å². The number of morpholine rings is 1. The molecule has 0 atom stereocenters. The van der Waals surface area contributed by atoms with Gasteiger partial charge in [0, 0.05) is 36.8 Å². The van der Waals surface area contributed by atoms with Gasteiger partial charge in [-0.2, -0.15) is 0 Å². The molecule has 7 nitrogen and oxygen atoms in total. The summed E-state index contributed by atoms with van der Waals surface area (Å²) in [5.74, 6) is 2.06. The maximum absolute atomic E-state index is 6.04. The standard InChI is InChI=1S/C21H28N4O3/c1-4-16(5-2)24-21-17-13-20(19(26-3)14-18(17)22-15-23-21)28-10-6-7-25-8-11-27-12-9-25/h4-5,13-15H,1,6-12H2,2-3H3,(H,22,23,24)/b16-5+. The summed E-state index contributed by atoms with van der Waals surface area (Å²) < 4.78 is 16.9. The largest absolute Gasteiger partial charge is 0.493 e. The highest BCUT2D eigenvalue weighted by Crippen LogP contribution is 2.34. The fourth-order valence-corrected chi connectivity index (χ4v) is 3.11. The van der Waals surface area contributed by atoms with E-state index in [9.17, 15) is 0 Å². The molecule has 0 spiro atoms. The third-order valence-electron chi connectivity index (χ3n) is 4.69. The molecular formula is C21H28N4O3. The minimum atomic E-state index is 0.614. The molecule has 28 heavy (non-hydrogen) atoms. The first-order valence-electron chi connectivity index (χ1n) is 9.56. The second-order valence-electron chi connectivity index (χ2n) is 6.47. The van der Waals surface area contributed by atoms with E-state index in [0.717, 1.165) is 55.9 Å². The molecule has 3 rings (SSSR count). The second kappa shape index (κ2) is 10.1. The van der Waals surface area contributed by atoms with Crippen LogP contribution in [-0.4, -0.2) is 61.4 Å². The molecule has 0 bridgehead atoms. The zero-order valence-corrected chi connectivity index (χ0v) is 16.6. The van der Waals surface area contributed by atoms with E-state index in [2.05, 4.69) is 26.8 Å². The highest BCUT2D eigenvalue weighted by Gasteiger charge is 2.13. The molecule has 0 unspecified atom stereocenters. The Hall–Kier alpha value is -2.64. The molecule has 1 aromatic carbocycles. The number of nitrogens with zero attached hydrogens (tertiary/aromatic N) is 3. The van der Waals surface area contributed by atoms with E-state index in [1.807, 2.05) is 25.1 Å². The maximum Gasteiger partial charge on any atom is 0.162 e. The van der Waals surface area contributed by atoms with Gasteiger partial charge < -0.3 is 19.5 Å². The lowest BCUT2D eigenvalue weighted by Crippen LogP contribution is -2.37. The second-order valence-corrected chi connectivity index (χ2v) is 6.47. The Kier molecular flexibility index (Phi) is 7.22. The van der Waals surface area contributed by atoms with E-state index >= 15 is 0 Å². The number of allylic oxidation sites excluding steroid dienone is 2. The van der Waals surface area contributed by atoms with Crippen LogP contribution < -0.4 is 14.8 Å². The quantitative estimate of drug-likeness (QED) is 0.526. The summed E-state index contributed by atoms with van der Waals surface area (Å²) in [6.07, 6.45) is 6.16. The van der Waals surface area contributed by atoms with Crippen LogP contribution in [0.5, 0.6) is 11.5 Å². The van der Waals surface area contributed by atoms with Crippen LogP contribution in [0.1, 0.15) is 13.3 Å². The van der Waals surface area contributed by atoms with Crippen LogP contribution in [-0.2, 0) is 4.74 Å². The molecule has 0 amide bonds. The van der Waals surface area contributed by atoms with Gasteiger partial charge in [0.15, 0.2) is 11.5 Å². The van der Waals surface area contributed by atoms with Crippen molar-refractivity contribution in [3.63, 3.8) is 0 Å². The molecule has 1 N–H and O–H groups in total. The van der Waals surface area contributed by atoms with Gasteiger partial charge in [-0.1, -0.05) is 12.7 Å². The predicted octanol–water partition coefficient (Wildman–Crippen LogP) is 3.24. The Balaban J connectivity index is 1.73. The molecule has 0 saturated carbocycles. The monoisotopic (exact) mass is 384 g/mol. The molecule has 1 fully saturated rings. The number of hydrogen-bond acceptors (Lipinski definition) is 7. The van der Waals surface area contributed by atoms with E-state index < -0.39 is 0 Å². The van der Waals surface area contributed by atoms with E-state index in [-0.39, 0.29) is 0 Å². The van der Waals surface area contributed by atoms with Gasteiger partial charge in [0.2, 0.25) is 0 Å². The van der Waals surface area contributed by atoms with Crippen LogP contribution in [0.4, 0.5) is 5.82 Å². The Morgan fingerprint density at radius 2 is 2.11 bits per heavy atom. The Labute approximate surface area is 166 Å². The van der Waals surface area contributed by atoms with Crippen molar-refractivity contribution >= 4 is 16.7 Å². The first kappa shape index (κ1) is 20.1. The summed E-state index contributed by atoms with van der Waals surface area (Å²) in [6.45, 7) is 11.0. The van der Waals surface area contributed by atoms with Crippen molar-refractivity contribution < 1.29 is 14.2 Å². The fraction of sp³-hybridized carbons (Fsp3) is 0.429. The molecule has 7 heteroatoms. The number of fused-ring (bicyclic) bond motifs is 1. The Morgan fingerprint density at radius 3 is 2.82 bits per heavy atom. The lowest BCUT2D eigenvalue weighted by molar-refractivity contribution is 0.0357. The van der Waals surface area contributed by atoms with Crippen molar-refractivity contribution in [1.82, 2.24) is 14.9 Å². The molecule has 150 valence electrons. The van der Waals surface area contributed by atoms with Crippen LogP contribution in [0.3, 0.4) is 0 Å². The molecule has 1 aliphatic rings. The number of benzene rings is 1. The van der Waals surface area contributed by atoms with Crippen molar-refractivity contribution in [2.24, 2.45) is 0 Å². The zero-order chi connectivity index (χ0) is 19.8. The van der Waals surface area contributed by atoms with Gasteiger partial charge in [-0.15, -0.1) is 0 Å². The lowest BCUT2D eigenvalue weighted by atomic mass is 10.2. The van der Waals surface area contributed by atoms with E-state index in [0.29, 0.717) is 23.9 Å². The summed E-state index contributed by atoms with van der Waals surface area (Å²) >= 11 is 0. The molecule has 1 saturated heterocycles. The average Bonchev–Trinajstić information content (AvgIpc) is 2.75. The van der Waals surface area contributed by atoms with E-state index in [1.54, 1.807) is 13.2 Å². The van der Waals surface area contributed by atoms with Crippen LogP contribution >= 0.6 is 0 Å². The number of aromatic nitrogens is 2. The Morgan fingerprint density at radius 1 is 1.29 bits per heavy atom. The summed E-state index contributed by atoms with van der Waals surface area (Å²) in [7, 11) is 1.64. The molecule has 2 heterocycles. The number of hydrogen-bond donors (Lipinski definition) is 1. The lowest BCUT2D eigenvalue weighted by Gasteiger charge is -2.26. The van der Waals surface area contributed by atoms with Crippen LogP contribution in [0.25, 0.3) is 10.9 Å². The highest BCUT2D eigenvalue weighted by molar-refractivity contribution is 5.92. The number of rotatable bonds is 9. The fourth-order valence-electron chi connectivity index (χ4n) is 3.11. The molecular weight excluding hydrogens is 356 g/mol. The summed E-state index contributed by atoms with van der Waals surface area (Å²) in [4.78, 5) is 11.1. The molecule has 0 radical (unpaired) electrons. The van der Waals surface area contributed by atoms with Gasteiger partial charge >= 0.3 is 0 Å². The zero-order valence-electron chi connectivity index (χ0n) is 16.6. The maximum atomic E-state index is 6.04. The first-order valence-corrected chi connectivity index (χ1v) is 9.56. The highest BCUT2D eigenvalue weighted by atomic mass is 16.5. The van der Waals surface area contributed by atoms with Crippen LogP contribution in [0.15, 0.2) is 42.9 Å². The van der Waals surface area contributed by atoms with E-state index in [4.69, 9.17) is 14.2 Å². The summed E-state index contributed by atoms with van der Waals surface area (Å²) in [6, 6.07) is 3.81. The van der Waals surface area contributed by atoms with Crippen molar-refractivity contribution in [2.75, 3.05) is 51.9 Å². The van der Waals surface area contributed by atoms with Gasteiger partial charge in [-0.25, -0.2) is 9.97 Å². The summed E-state index contributed by atoms with van der Waals surface area (Å²) in [5.41, 5.74) is 1.67. The van der Waals surface area contributed by atoms with Crippen LogP contribution in [0, 0.1) is 0 Å². The number of methoxy groups -OCH3 is 1. The average molecular weight is 384 g/mol. The molecule has 1 aromatic heterocycles. The third-order valence-corrected chi connectivity index (χ3v) is 4.69. The third kappa shape index (κ3) is 4.99. The minimum absolute atomic E-state index is 0.614. The summed E-state index contributed by atoms with van der Waals surface area (Å²) in [5, 5.41) is 4.14. The van der Waals surface area contributed by atoms with Gasteiger partial charge in [0.05, 0.1) is 32.4 Å². The number of nitrogens with one attached hydrogen (secondary N) is 1. The van der Waals surface area contributed by atoms with Gasteiger partial charge in [0.25, 0.3) is 0 Å². The van der Waals surface area contributed by atoms with Crippen molar-refractivity contribution in [1.29, 1.82) is 0 Å². The van der Waals surface area contributed by atoms with Gasteiger partial charge in [-0.3, -0.25) is 4.90 Å². The van der Waals surface area contributed by atoms with Crippen LogP contribution in [0.2, 0.25) is 0 Å². The number of anilines is 1. The van der Waals surface area contributed by atoms with E-state index in [1.165, 1.54) is 6.33 Å². The topological polar surface area (TPSA) is 68.7 Å². The molecule has 1 aliphatic heterocycles. The number of ether oxygens (including phenoxy) is 3. The van der Waals surface area contributed by atoms with Gasteiger partial charge in [-0.05, 0) is 25.5 Å². The van der Waals surface area contributed by atoms with Gasteiger partial charge in [0.1, 0.15) is 12.1 Å². The van der Waals surface area contributed by atoms with Crippen molar-refractivity contribution in [3.8, 4) is 11.5 Å². The normalized spacial score (nSPS) is 15.4. The smallest absolute Gasteiger partial charge is 0.162 e. The predicted molar refractivity (Wildman–Crippen MR) is 111 cm³/mol. The molecule has 2 aromatic rings. The van der Waals surface area contributed by atoms with Crippen molar-refractivity contribution in [3.05, 3.63) is 42.9 Å². The minimum Gasteiger partial charge on any atom is -0.493 e. The Bertz CT molecular complexity index is 832. The first-order chi connectivity index (χ1) is 13.7. The SMILES string of the molecule is C=C/C(=C\C)Nc1ncnc2cc(OC)c(OCCCN3CCOCC3)cc12.